The van der Waals surface area contributed by atoms with Crippen molar-refractivity contribution in [3.05, 3.63) is 5.82 Å². The van der Waals surface area contributed by atoms with Gasteiger partial charge in [0.1, 0.15) is 0 Å². The predicted molar refractivity (Wildman–Crippen MR) is 57.5 cm³/mol. The van der Waals surface area contributed by atoms with Crippen LogP contribution in [0.4, 0.5) is 18.3 Å². The Labute approximate surface area is 104 Å². The highest BCUT2D eigenvalue weighted by molar-refractivity contribution is 7.09. The minimum Gasteiger partial charge on any atom is -0.481 e. The molecule has 1 aromatic rings. The Morgan fingerprint density at radius 3 is 2.83 bits per heavy atom. The summed E-state index contributed by atoms with van der Waals surface area (Å²) in [6.45, 7) is 0.518. The van der Waals surface area contributed by atoms with Crippen molar-refractivity contribution in [2.45, 2.75) is 31.5 Å². The molecule has 0 saturated carbocycles. The van der Waals surface area contributed by atoms with Crippen molar-refractivity contribution in [3.63, 3.8) is 0 Å². The predicted octanol–water partition coefficient (Wildman–Crippen LogP) is 2.00. The molecule has 0 bridgehead atoms. The zero-order valence-electron chi connectivity index (χ0n) is 9.15. The molecule has 0 spiro atoms. The number of alkyl halides is 3. The van der Waals surface area contributed by atoms with Gasteiger partial charge in [-0.25, -0.2) is 0 Å². The van der Waals surface area contributed by atoms with Crippen molar-refractivity contribution < 1.29 is 23.1 Å². The SMILES string of the molecule is O=C(O)CC1CCCN1c1nc(C(F)(F)F)ns1. The monoisotopic (exact) mass is 281 g/mol. The Balaban J connectivity index is 2.15. The zero-order chi connectivity index (χ0) is 13.3. The molecule has 5 nitrogen and oxygen atoms in total. The summed E-state index contributed by atoms with van der Waals surface area (Å²) in [4.78, 5) is 15.7. The highest BCUT2D eigenvalue weighted by Crippen LogP contribution is 2.33. The molecule has 1 aliphatic rings. The van der Waals surface area contributed by atoms with Crippen LogP contribution in [0.15, 0.2) is 0 Å². The van der Waals surface area contributed by atoms with Gasteiger partial charge < -0.3 is 10.0 Å². The molecule has 9 heteroatoms. The topological polar surface area (TPSA) is 66.3 Å². The molecule has 18 heavy (non-hydrogen) atoms. The number of carbonyl (C=O) groups is 1. The van der Waals surface area contributed by atoms with Crippen LogP contribution in [-0.4, -0.2) is 33.0 Å². The van der Waals surface area contributed by atoms with E-state index in [9.17, 15) is 18.0 Å². The van der Waals surface area contributed by atoms with Crippen LogP contribution in [0.2, 0.25) is 0 Å². The summed E-state index contributed by atoms with van der Waals surface area (Å²) in [5.41, 5.74) is 0. The number of aromatic nitrogens is 2. The van der Waals surface area contributed by atoms with Gasteiger partial charge in [-0.1, -0.05) is 0 Å². The molecule has 1 aromatic heterocycles. The summed E-state index contributed by atoms with van der Waals surface area (Å²) >= 11 is 0.656. The largest absolute Gasteiger partial charge is 0.481 e. The summed E-state index contributed by atoms with van der Waals surface area (Å²) in [5, 5.41) is 8.88. The maximum absolute atomic E-state index is 12.4. The van der Waals surface area contributed by atoms with Crippen molar-refractivity contribution in [1.29, 1.82) is 0 Å². The summed E-state index contributed by atoms with van der Waals surface area (Å²) in [7, 11) is 0. The van der Waals surface area contributed by atoms with Crippen molar-refractivity contribution in [2.24, 2.45) is 0 Å². The van der Waals surface area contributed by atoms with E-state index in [-0.39, 0.29) is 17.6 Å². The summed E-state index contributed by atoms with van der Waals surface area (Å²) in [6, 6.07) is -0.295. The Hall–Kier alpha value is -1.38. The minimum absolute atomic E-state index is 0.0963. The van der Waals surface area contributed by atoms with Gasteiger partial charge in [-0.15, -0.1) is 0 Å². The van der Waals surface area contributed by atoms with Crippen LogP contribution in [0.25, 0.3) is 0 Å². The second-order valence-electron chi connectivity index (χ2n) is 3.99. The average molecular weight is 281 g/mol. The lowest BCUT2D eigenvalue weighted by atomic mass is 10.1. The number of halogens is 3. The van der Waals surface area contributed by atoms with Crippen LogP contribution in [0, 0.1) is 0 Å². The van der Waals surface area contributed by atoms with Gasteiger partial charge in [0.25, 0.3) is 0 Å². The molecule has 1 N–H and O–H groups in total. The Morgan fingerprint density at radius 2 is 2.28 bits per heavy atom. The quantitative estimate of drug-likeness (QED) is 0.918. The molecule has 0 radical (unpaired) electrons. The van der Waals surface area contributed by atoms with Gasteiger partial charge in [0, 0.05) is 24.1 Å². The third-order valence-corrected chi connectivity index (χ3v) is 3.46. The van der Waals surface area contributed by atoms with Crippen LogP contribution in [0.3, 0.4) is 0 Å². The van der Waals surface area contributed by atoms with Crippen LogP contribution in [0.5, 0.6) is 0 Å². The lowest BCUT2D eigenvalue weighted by Gasteiger charge is -2.21. The molecule has 1 saturated heterocycles. The lowest BCUT2D eigenvalue weighted by molar-refractivity contribution is -0.144. The van der Waals surface area contributed by atoms with E-state index in [0.717, 1.165) is 6.42 Å². The standard InChI is InChI=1S/C9H10F3N3O2S/c10-9(11,12)7-13-8(18-14-7)15-3-1-2-5(15)4-6(16)17/h5H,1-4H2,(H,16,17). The fourth-order valence-electron chi connectivity index (χ4n) is 1.95. The van der Waals surface area contributed by atoms with Gasteiger partial charge >= 0.3 is 12.1 Å². The Bertz CT molecular complexity index is 449. The van der Waals surface area contributed by atoms with Gasteiger partial charge in [0.05, 0.1) is 6.42 Å². The smallest absolute Gasteiger partial charge is 0.452 e. The number of anilines is 1. The molecule has 2 rings (SSSR count). The Kier molecular flexibility index (Phi) is 3.42. The van der Waals surface area contributed by atoms with E-state index in [1.807, 2.05) is 0 Å². The number of rotatable bonds is 3. The van der Waals surface area contributed by atoms with Gasteiger partial charge in [-0.3, -0.25) is 4.79 Å². The molecule has 0 aromatic carbocycles. The van der Waals surface area contributed by atoms with Crippen LogP contribution in [0.1, 0.15) is 25.1 Å². The number of carboxylic acid groups (broad SMARTS) is 1. The van der Waals surface area contributed by atoms with E-state index < -0.39 is 18.0 Å². The van der Waals surface area contributed by atoms with Crippen LogP contribution in [-0.2, 0) is 11.0 Å². The van der Waals surface area contributed by atoms with E-state index in [2.05, 4.69) is 9.36 Å². The number of aliphatic carboxylic acids is 1. The fraction of sp³-hybridized carbons (Fsp3) is 0.667. The second kappa shape index (κ2) is 4.71. The molecule has 0 aliphatic carbocycles. The average Bonchev–Trinajstić information content (AvgIpc) is 2.81. The summed E-state index contributed by atoms with van der Waals surface area (Å²) in [5.74, 6) is -2.13. The minimum atomic E-state index is -4.56. The second-order valence-corrected chi connectivity index (χ2v) is 4.72. The van der Waals surface area contributed by atoms with E-state index >= 15 is 0 Å². The van der Waals surface area contributed by atoms with Gasteiger partial charge in [-0.05, 0) is 12.8 Å². The molecule has 1 fully saturated rings. The molecule has 2 heterocycles. The highest BCUT2D eigenvalue weighted by atomic mass is 32.1. The van der Waals surface area contributed by atoms with Gasteiger partial charge in [0.15, 0.2) is 0 Å². The molecular formula is C9H10F3N3O2S. The summed E-state index contributed by atoms with van der Waals surface area (Å²) in [6.07, 6.45) is -3.26. The van der Waals surface area contributed by atoms with E-state index in [1.165, 1.54) is 0 Å². The third kappa shape index (κ3) is 2.71. The van der Waals surface area contributed by atoms with Crippen molar-refractivity contribution in [3.8, 4) is 0 Å². The first kappa shape index (κ1) is 13.1. The van der Waals surface area contributed by atoms with Gasteiger partial charge in [-0.2, -0.15) is 22.5 Å². The summed E-state index contributed by atoms with van der Waals surface area (Å²) < 4.78 is 40.4. The number of nitrogens with zero attached hydrogens (tertiary/aromatic N) is 3. The molecule has 1 atom stereocenters. The zero-order valence-corrected chi connectivity index (χ0v) is 9.96. The first-order valence-corrected chi connectivity index (χ1v) is 6.04. The highest BCUT2D eigenvalue weighted by Gasteiger charge is 2.38. The molecule has 1 aliphatic heterocycles. The third-order valence-electron chi connectivity index (χ3n) is 2.70. The maximum atomic E-state index is 12.4. The molecule has 1 unspecified atom stereocenters. The van der Waals surface area contributed by atoms with Crippen molar-refractivity contribution in [1.82, 2.24) is 9.36 Å². The maximum Gasteiger partial charge on any atom is 0.452 e. The number of hydrogen-bond donors (Lipinski definition) is 1. The molecular weight excluding hydrogens is 271 g/mol. The number of hydrogen-bond acceptors (Lipinski definition) is 5. The number of carboxylic acids is 1. The lowest BCUT2D eigenvalue weighted by Crippen LogP contribution is -2.31. The van der Waals surface area contributed by atoms with Crippen molar-refractivity contribution in [2.75, 3.05) is 11.4 Å². The van der Waals surface area contributed by atoms with E-state index in [1.54, 1.807) is 4.90 Å². The fourth-order valence-corrected chi connectivity index (χ4v) is 2.73. The first-order chi connectivity index (χ1) is 8.38. The van der Waals surface area contributed by atoms with Gasteiger partial charge in [0.2, 0.25) is 11.0 Å². The molecule has 100 valence electrons. The van der Waals surface area contributed by atoms with E-state index in [0.29, 0.717) is 24.5 Å². The normalized spacial score (nSPS) is 20.4. The first-order valence-electron chi connectivity index (χ1n) is 5.27. The van der Waals surface area contributed by atoms with Crippen LogP contribution >= 0.6 is 11.5 Å². The van der Waals surface area contributed by atoms with Crippen LogP contribution < -0.4 is 4.90 Å². The molecule has 0 amide bonds. The van der Waals surface area contributed by atoms with Crippen molar-refractivity contribution >= 4 is 22.6 Å². The van der Waals surface area contributed by atoms with E-state index in [4.69, 9.17) is 5.11 Å². The Morgan fingerprint density at radius 1 is 1.56 bits per heavy atom.